The van der Waals surface area contributed by atoms with Crippen molar-refractivity contribution in [1.82, 2.24) is 4.31 Å². The molecule has 8 heteroatoms. The third kappa shape index (κ3) is 5.43. The lowest BCUT2D eigenvalue weighted by molar-refractivity contribution is -0.114. The normalized spacial score (nSPS) is 15.3. The predicted molar refractivity (Wildman–Crippen MR) is 115 cm³/mol. The third-order valence-corrected chi connectivity index (χ3v) is 6.95. The molecule has 1 aliphatic rings. The molecule has 0 atom stereocenters. The van der Waals surface area contributed by atoms with Crippen LogP contribution < -0.4 is 10.6 Å². The Balaban J connectivity index is 1.57. The highest BCUT2D eigenvalue weighted by molar-refractivity contribution is 14.1. The van der Waals surface area contributed by atoms with Crippen molar-refractivity contribution in [2.24, 2.45) is 0 Å². The number of benzene rings is 2. The molecule has 1 heterocycles. The molecule has 1 aliphatic heterocycles. The lowest BCUT2D eigenvalue weighted by Crippen LogP contribution is -2.35. The number of hydrogen-bond donors (Lipinski definition) is 2. The number of halogens is 1. The molecule has 1 fully saturated rings. The molecule has 2 N–H and O–H groups in total. The van der Waals surface area contributed by atoms with Crippen LogP contribution in [-0.2, 0) is 14.8 Å². The van der Waals surface area contributed by atoms with E-state index in [9.17, 15) is 13.2 Å². The van der Waals surface area contributed by atoms with Crippen LogP contribution in [0.3, 0.4) is 0 Å². The number of hydrogen-bond acceptors (Lipinski definition) is 4. The van der Waals surface area contributed by atoms with Gasteiger partial charge in [0.1, 0.15) is 0 Å². The van der Waals surface area contributed by atoms with Crippen molar-refractivity contribution in [2.75, 3.05) is 30.3 Å². The van der Waals surface area contributed by atoms with Gasteiger partial charge in [-0.1, -0.05) is 12.5 Å². The number of amides is 1. The highest BCUT2D eigenvalue weighted by Crippen LogP contribution is 2.22. The lowest BCUT2D eigenvalue weighted by atomic mass is 10.2. The summed E-state index contributed by atoms with van der Waals surface area (Å²) < 4.78 is 27.9. The van der Waals surface area contributed by atoms with Crippen LogP contribution in [0.2, 0.25) is 0 Å². The van der Waals surface area contributed by atoms with Crippen LogP contribution in [0.5, 0.6) is 0 Å². The Bertz CT molecular complexity index is 895. The number of carbonyl (C=O) groups excluding carboxylic acids is 1. The van der Waals surface area contributed by atoms with Gasteiger partial charge in [0.05, 0.1) is 11.4 Å². The summed E-state index contributed by atoms with van der Waals surface area (Å²) in [5, 5.41) is 5.84. The van der Waals surface area contributed by atoms with Crippen molar-refractivity contribution in [3.63, 3.8) is 0 Å². The first-order valence-corrected chi connectivity index (χ1v) is 11.4. The molecule has 27 heavy (non-hydrogen) atoms. The molecule has 0 radical (unpaired) electrons. The molecular formula is C19H22IN3O3S. The van der Waals surface area contributed by atoms with Crippen LogP contribution in [0.4, 0.5) is 11.4 Å². The minimum atomic E-state index is -3.45. The minimum absolute atomic E-state index is 0.133. The smallest absolute Gasteiger partial charge is 0.243 e. The van der Waals surface area contributed by atoms with Crippen LogP contribution in [0.25, 0.3) is 0 Å². The summed E-state index contributed by atoms with van der Waals surface area (Å²) in [4.78, 5) is 12.4. The van der Waals surface area contributed by atoms with Gasteiger partial charge in [-0.05, 0) is 77.9 Å². The lowest BCUT2D eigenvalue weighted by Gasteiger charge is -2.25. The molecular weight excluding hydrogens is 477 g/mol. The maximum atomic E-state index is 12.6. The highest BCUT2D eigenvalue weighted by atomic mass is 127. The zero-order valence-corrected chi connectivity index (χ0v) is 17.8. The maximum Gasteiger partial charge on any atom is 0.243 e. The molecule has 0 bridgehead atoms. The Morgan fingerprint density at radius 2 is 1.70 bits per heavy atom. The van der Waals surface area contributed by atoms with Crippen LogP contribution >= 0.6 is 22.6 Å². The van der Waals surface area contributed by atoms with Crippen LogP contribution in [0.1, 0.15) is 19.3 Å². The number of sulfonamides is 1. The van der Waals surface area contributed by atoms with Gasteiger partial charge in [0.25, 0.3) is 0 Å². The molecule has 0 aliphatic carbocycles. The third-order valence-electron chi connectivity index (χ3n) is 4.37. The van der Waals surface area contributed by atoms with Gasteiger partial charge in [0, 0.05) is 28.0 Å². The molecule has 3 rings (SSSR count). The molecule has 0 unspecified atom stereocenters. The summed E-state index contributed by atoms with van der Waals surface area (Å²) in [6.45, 7) is 1.28. The van der Waals surface area contributed by atoms with Crippen molar-refractivity contribution in [2.45, 2.75) is 24.2 Å². The molecule has 144 valence electrons. The van der Waals surface area contributed by atoms with E-state index in [-0.39, 0.29) is 17.3 Å². The Morgan fingerprint density at radius 1 is 1.00 bits per heavy atom. The van der Waals surface area contributed by atoms with E-state index in [0.29, 0.717) is 18.8 Å². The van der Waals surface area contributed by atoms with E-state index in [1.807, 2.05) is 24.3 Å². The number of rotatable bonds is 6. The standard InChI is InChI=1S/C19H22IN3O3S/c20-15-5-4-6-17(13-15)21-14-19(24)22-16-7-9-18(10-8-16)27(25,26)23-11-2-1-3-12-23/h4-10,13,21H,1-3,11-12,14H2,(H,22,24). The van der Waals surface area contributed by atoms with E-state index in [1.54, 1.807) is 24.3 Å². The molecule has 0 spiro atoms. The van der Waals surface area contributed by atoms with Gasteiger partial charge in [-0.3, -0.25) is 4.79 Å². The quantitative estimate of drug-likeness (QED) is 0.597. The van der Waals surface area contributed by atoms with Gasteiger partial charge in [-0.15, -0.1) is 0 Å². The van der Waals surface area contributed by atoms with Gasteiger partial charge in [0.15, 0.2) is 0 Å². The number of nitrogens with one attached hydrogen (secondary N) is 2. The molecule has 2 aromatic carbocycles. The second-order valence-corrected chi connectivity index (χ2v) is 9.58. The fraction of sp³-hybridized carbons (Fsp3) is 0.316. The summed E-state index contributed by atoms with van der Waals surface area (Å²) in [6, 6.07) is 14.1. The number of nitrogens with zero attached hydrogens (tertiary/aromatic N) is 1. The van der Waals surface area contributed by atoms with E-state index in [0.717, 1.165) is 28.5 Å². The molecule has 0 saturated carbocycles. The Labute approximate surface area is 173 Å². The topological polar surface area (TPSA) is 78.5 Å². The second-order valence-electron chi connectivity index (χ2n) is 6.40. The van der Waals surface area contributed by atoms with E-state index in [4.69, 9.17) is 0 Å². The fourth-order valence-corrected chi connectivity index (χ4v) is 5.01. The van der Waals surface area contributed by atoms with Crippen molar-refractivity contribution in [1.29, 1.82) is 0 Å². The Morgan fingerprint density at radius 3 is 2.37 bits per heavy atom. The van der Waals surface area contributed by atoms with Gasteiger partial charge in [0.2, 0.25) is 15.9 Å². The highest BCUT2D eigenvalue weighted by Gasteiger charge is 2.25. The summed E-state index contributed by atoms with van der Waals surface area (Å²) in [5.74, 6) is -0.194. The van der Waals surface area contributed by atoms with Crippen LogP contribution in [-0.4, -0.2) is 38.3 Å². The molecule has 1 amide bonds. The average Bonchev–Trinajstić information content (AvgIpc) is 2.68. The maximum absolute atomic E-state index is 12.6. The molecule has 0 aromatic heterocycles. The number of carbonyl (C=O) groups is 1. The zero-order valence-electron chi connectivity index (χ0n) is 14.8. The van der Waals surface area contributed by atoms with Crippen molar-refractivity contribution in [3.8, 4) is 0 Å². The van der Waals surface area contributed by atoms with E-state index in [2.05, 4.69) is 33.2 Å². The summed E-state index contributed by atoms with van der Waals surface area (Å²) in [7, 11) is -3.45. The van der Waals surface area contributed by atoms with Crippen LogP contribution in [0, 0.1) is 3.57 Å². The van der Waals surface area contributed by atoms with Crippen molar-refractivity contribution < 1.29 is 13.2 Å². The predicted octanol–water partition coefficient (Wildman–Crippen LogP) is 3.52. The van der Waals surface area contributed by atoms with Gasteiger partial charge in [-0.2, -0.15) is 4.31 Å². The fourth-order valence-electron chi connectivity index (χ4n) is 2.95. The monoisotopic (exact) mass is 499 g/mol. The molecule has 6 nitrogen and oxygen atoms in total. The van der Waals surface area contributed by atoms with Gasteiger partial charge < -0.3 is 10.6 Å². The first-order valence-electron chi connectivity index (χ1n) is 8.85. The zero-order chi connectivity index (χ0) is 19.3. The summed E-state index contributed by atoms with van der Waals surface area (Å²) in [5.41, 5.74) is 1.45. The van der Waals surface area contributed by atoms with Gasteiger partial charge >= 0.3 is 0 Å². The van der Waals surface area contributed by atoms with E-state index < -0.39 is 10.0 Å². The second kappa shape index (κ2) is 9.03. The van der Waals surface area contributed by atoms with Gasteiger partial charge in [-0.25, -0.2) is 8.42 Å². The Kier molecular flexibility index (Phi) is 6.72. The van der Waals surface area contributed by atoms with E-state index in [1.165, 1.54) is 4.31 Å². The summed E-state index contributed by atoms with van der Waals surface area (Å²) in [6.07, 6.45) is 2.88. The number of anilines is 2. The largest absolute Gasteiger partial charge is 0.376 e. The molecule has 2 aromatic rings. The Hall–Kier alpha value is -1.65. The van der Waals surface area contributed by atoms with E-state index >= 15 is 0 Å². The number of piperidine rings is 1. The van der Waals surface area contributed by atoms with Crippen molar-refractivity contribution in [3.05, 3.63) is 52.1 Å². The minimum Gasteiger partial charge on any atom is -0.376 e. The SMILES string of the molecule is O=C(CNc1cccc(I)c1)Nc1ccc(S(=O)(=O)N2CCCCC2)cc1. The molecule has 1 saturated heterocycles. The van der Waals surface area contributed by atoms with Crippen LogP contribution in [0.15, 0.2) is 53.4 Å². The first-order chi connectivity index (χ1) is 12.9. The summed E-state index contributed by atoms with van der Waals surface area (Å²) >= 11 is 2.21. The average molecular weight is 499 g/mol. The van der Waals surface area contributed by atoms with Crippen molar-refractivity contribution >= 4 is 49.9 Å². The first kappa shape index (κ1) is 20.1.